The van der Waals surface area contributed by atoms with Crippen LogP contribution in [0.4, 0.5) is 0 Å². The van der Waals surface area contributed by atoms with E-state index in [1.807, 2.05) is 13.8 Å². The van der Waals surface area contributed by atoms with Gasteiger partial charge < -0.3 is 15.7 Å². The fourth-order valence-electron chi connectivity index (χ4n) is 2.13. The van der Waals surface area contributed by atoms with E-state index in [9.17, 15) is 14.7 Å². The zero-order valence-electron chi connectivity index (χ0n) is 10.9. The summed E-state index contributed by atoms with van der Waals surface area (Å²) in [4.78, 5) is 24.2. The molecule has 3 N–H and O–H groups in total. The number of thiocarbonyl (C=S) groups is 1. The van der Waals surface area contributed by atoms with Gasteiger partial charge in [0.15, 0.2) is 5.11 Å². The van der Waals surface area contributed by atoms with E-state index in [1.54, 1.807) is 6.92 Å². The number of aliphatic hydroxyl groups excluding tert-OH is 1. The lowest BCUT2D eigenvalue weighted by atomic mass is 9.74. The summed E-state index contributed by atoms with van der Waals surface area (Å²) in [5.41, 5.74) is -1.21. The number of rotatable bonds is 5. The summed E-state index contributed by atoms with van der Waals surface area (Å²) in [7, 11) is 0. The Kier molecular flexibility index (Phi) is 4.81. The van der Waals surface area contributed by atoms with Crippen LogP contribution in [-0.4, -0.2) is 28.1 Å². The number of amides is 2. The lowest BCUT2D eigenvalue weighted by molar-refractivity contribution is -0.146. The van der Waals surface area contributed by atoms with Gasteiger partial charge in [-0.1, -0.05) is 13.8 Å². The zero-order chi connectivity index (χ0) is 13.9. The van der Waals surface area contributed by atoms with Gasteiger partial charge in [-0.25, -0.2) is 0 Å². The third-order valence-electron chi connectivity index (χ3n) is 3.12. The van der Waals surface area contributed by atoms with Crippen molar-refractivity contribution in [3.8, 4) is 0 Å². The predicted octanol–water partition coefficient (Wildman–Crippen LogP) is 0.711. The third-order valence-corrected chi connectivity index (χ3v) is 3.32. The van der Waals surface area contributed by atoms with Gasteiger partial charge in [0.1, 0.15) is 5.41 Å². The molecule has 0 spiro atoms. The molecule has 0 aromatic heterocycles. The second-order valence-corrected chi connectivity index (χ2v) is 5.71. The van der Waals surface area contributed by atoms with E-state index in [2.05, 4.69) is 10.6 Å². The number of aliphatic hydroxyl groups is 1. The molecule has 0 saturated carbocycles. The van der Waals surface area contributed by atoms with E-state index in [1.165, 1.54) is 0 Å². The summed E-state index contributed by atoms with van der Waals surface area (Å²) in [6, 6.07) is 0. The lowest BCUT2D eigenvalue weighted by Crippen LogP contribution is -2.63. The maximum atomic E-state index is 12.1. The minimum atomic E-state index is -1.21. The van der Waals surface area contributed by atoms with Gasteiger partial charge in [0, 0.05) is 0 Å². The fraction of sp³-hybridized carbons (Fsp3) is 0.750. The Balaban J connectivity index is 2.97. The molecule has 1 rings (SSSR count). The Morgan fingerprint density at radius 2 is 1.72 bits per heavy atom. The molecule has 0 aromatic rings. The fourth-order valence-corrected chi connectivity index (χ4v) is 2.32. The molecule has 5 nitrogen and oxygen atoms in total. The molecule has 1 saturated heterocycles. The monoisotopic (exact) mass is 272 g/mol. The molecule has 0 bridgehead atoms. The first-order valence-corrected chi connectivity index (χ1v) is 6.53. The van der Waals surface area contributed by atoms with Gasteiger partial charge >= 0.3 is 0 Å². The highest BCUT2D eigenvalue weighted by atomic mass is 32.1. The quantitative estimate of drug-likeness (QED) is 0.509. The van der Waals surface area contributed by atoms with Gasteiger partial charge in [-0.3, -0.25) is 9.59 Å². The molecule has 1 fully saturated rings. The van der Waals surface area contributed by atoms with Crippen LogP contribution in [0.25, 0.3) is 0 Å². The Morgan fingerprint density at radius 1 is 1.22 bits per heavy atom. The lowest BCUT2D eigenvalue weighted by Gasteiger charge is -2.36. The number of hydrogen-bond donors (Lipinski definition) is 3. The van der Waals surface area contributed by atoms with E-state index < -0.39 is 23.3 Å². The van der Waals surface area contributed by atoms with Crippen LogP contribution in [0.15, 0.2) is 0 Å². The Labute approximate surface area is 112 Å². The van der Waals surface area contributed by atoms with Crippen molar-refractivity contribution in [2.45, 2.75) is 46.1 Å². The summed E-state index contributed by atoms with van der Waals surface area (Å²) in [5.74, 6) is -0.430. The molecule has 2 amide bonds. The molecule has 1 unspecified atom stereocenters. The van der Waals surface area contributed by atoms with Gasteiger partial charge in [-0.05, 0) is 44.3 Å². The molecule has 1 heterocycles. The maximum absolute atomic E-state index is 12.1. The van der Waals surface area contributed by atoms with Crippen molar-refractivity contribution in [3.05, 3.63) is 0 Å². The average Bonchev–Trinajstić information content (AvgIpc) is 2.21. The van der Waals surface area contributed by atoms with E-state index in [0.29, 0.717) is 12.3 Å². The summed E-state index contributed by atoms with van der Waals surface area (Å²) in [5, 5.41) is 14.5. The summed E-state index contributed by atoms with van der Waals surface area (Å²) >= 11 is 4.79. The number of carbonyl (C=O) groups is 2. The highest BCUT2D eigenvalue weighted by Gasteiger charge is 2.49. The van der Waals surface area contributed by atoms with Crippen molar-refractivity contribution in [1.82, 2.24) is 10.6 Å². The Bertz CT molecular complexity index is 346. The first-order chi connectivity index (χ1) is 8.28. The standard InChI is InChI=1S/C12H20N2O3S/c1-7(2)4-5-12(6-8(3)15)9(16)13-11(18)14-10(12)17/h7-8,15H,4-6H2,1-3H3,(H2,13,14,16,17,18). The van der Waals surface area contributed by atoms with Gasteiger partial charge in [-0.2, -0.15) is 0 Å². The van der Waals surface area contributed by atoms with Crippen LogP contribution in [0.1, 0.15) is 40.0 Å². The molecule has 0 aromatic carbocycles. The minimum Gasteiger partial charge on any atom is -0.393 e. The highest BCUT2D eigenvalue weighted by Crippen LogP contribution is 2.33. The number of carbonyl (C=O) groups excluding carboxylic acids is 2. The van der Waals surface area contributed by atoms with Crippen molar-refractivity contribution in [2.24, 2.45) is 11.3 Å². The molecule has 1 atom stereocenters. The molecule has 0 aliphatic carbocycles. The Hall–Kier alpha value is -1.01. The second-order valence-electron chi connectivity index (χ2n) is 5.31. The van der Waals surface area contributed by atoms with Crippen LogP contribution in [0.2, 0.25) is 0 Å². The van der Waals surface area contributed by atoms with Crippen LogP contribution in [-0.2, 0) is 9.59 Å². The van der Waals surface area contributed by atoms with Crippen LogP contribution in [0, 0.1) is 11.3 Å². The van der Waals surface area contributed by atoms with E-state index in [-0.39, 0.29) is 11.5 Å². The molecule has 6 heteroatoms. The van der Waals surface area contributed by atoms with E-state index in [4.69, 9.17) is 12.2 Å². The second kappa shape index (κ2) is 5.75. The SMILES string of the molecule is CC(C)CCC1(CC(C)O)C(=O)NC(=S)NC1=O. The molecule has 0 radical (unpaired) electrons. The first kappa shape index (κ1) is 15.0. The van der Waals surface area contributed by atoms with Crippen LogP contribution in [0.5, 0.6) is 0 Å². The number of nitrogens with one attached hydrogen (secondary N) is 2. The topological polar surface area (TPSA) is 78.4 Å². The zero-order valence-corrected chi connectivity index (χ0v) is 11.8. The summed E-state index contributed by atoms with van der Waals surface area (Å²) in [6.07, 6.45) is 0.538. The largest absolute Gasteiger partial charge is 0.393 e. The molecule has 1 aliphatic heterocycles. The molecular weight excluding hydrogens is 252 g/mol. The summed E-state index contributed by atoms with van der Waals surface area (Å²) < 4.78 is 0. The minimum absolute atomic E-state index is 0.0377. The van der Waals surface area contributed by atoms with Crippen molar-refractivity contribution in [2.75, 3.05) is 0 Å². The van der Waals surface area contributed by atoms with Gasteiger partial charge in [0.25, 0.3) is 0 Å². The molecule has 18 heavy (non-hydrogen) atoms. The smallest absolute Gasteiger partial charge is 0.241 e. The average molecular weight is 272 g/mol. The molecular formula is C12H20N2O3S. The van der Waals surface area contributed by atoms with Crippen molar-refractivity contribution in [1.29, 1.82) is 0 Å². The van der Waals surface area contributed by atoms with Crippen molar-refractivity contribution < 1.29 is 14.7 Å². The van der Waals surface area contributed by atoms with Gasteiger partial charge in [0.2, 0.25) is 11.8 Å². The van der Waals surface area contributed by atoms with Gasteiger partial charge in [0.05, 0.1) is 6.10 Å². The highest BCUT2D eigenvalue weighted by molar-refractivity contribution is 7.80. The van der Waals surface area contributed by atoms with E-state index >= 15 is 0 Å². The van der Waals surface area contributed by atoms with Crippen LogP contribution >= 0.6 is 12.2 Å². The van der Waals surface area contributed by atoms with Gasteiger partial charge in [-0.15, -0.1) is 0 Å². The normalized spacial score (nSPS) is 20.6. The van der Waals surface area contributed by atoms with Crippen molar-refractivity contribution >= 4 is 29.1 Å². The first-order valence-electron chi connectivity index (χ1n) is 6.13. The predicted molar refractivity (Wildman–Crippen MR) is 71.7 cm³/mol. The van der Waals surface area contributed by atoms with Crippen molar-refractivity contribution in [3.63, 3.8) is 0 Å². The number of hydrogen-bond acceptors (Lipinski definition) is 4. The Morgan fingerprint density at radius 3 is 2.11 bits per heavy atom. The maximum Gasteiger partial charge on any atom is 0.241 e. The third kappa shape index (κ3) is 3.26. The van der Waals surface area contributed by atoms with E-state index in [0.717, 1.165) is 6.42 Å². The summed E-state index contributed by atoms with van der Waals surface area (Å²) in [6.45, 7) is 5.63. The molecule has 1 aliphatic rings. The molecule has 102 valence electrons. The van der Waals surface area contributed by atoms with Crippen LogP contribution in [0.3, 0.4) is 0 Å². The van der Waals surface area contributed by atoms with Crippen LogP contribution < -0.4 is 10.6 Å².